The first-order valence-corrected chi connectivity index (χ1v) is 8.05. The van der Waals surface area contributed by atoms with Gasteiger partial charge in [0, 0.05) is 22.5 Å². The Morgan fingerprint density at radius 3 is 2.48 bits per heavy atom. The molecule has 4 N–H and O–H groups in total. The van der Waals surface area contributed by atoms with Crippen LogP contribution in [0, 0.1) is 11.3 Å². The van der Waals surface area contributed by atoms with E-state index in [4.69, 9.17) is 15.7 Å². The number of benzene rings is 2. The summed E-state index contributed by atoms with van der Waals surface area (Å²) in [6.07, 6.45) is 0.637. The number of hydrogen-bond acceptors (Lipinski definition) is 5. The molecule has 0 amide bonds. The predicted molar refractivity (Wildman–Crippen MR) is 96.6 cm³/mol. The zero-order valence-corrected chi connectivity index (χ0v) is 14.2. The second kappa shape index (κ2) is 8.06. The monoisotopic (exact) mass is 339 g/mol. The van der Waals surface area contributed by atoms with E-state index in [1.165, 1.54) is 0 Å². The molecule has 0 aromatic heterocycles. The zero-order valence-electron chi connectivity index (χ0n) is 14.2. The summed E-state index contributed by atoms with van der Waals surface area (Å²) in [5.41, 5.74) is 9.04. The fraction of sp³-hybridized carbons (Fsp3) is 0.263. The molecule has 6 heteroatoms. The molecule has 0 aliphatic heterocycles. The first-order valence-electron chi connectivity index (χ1n) is 8.05. The largest absolute Gasteiger partial charge is 0.494 e. The molecule has 1 unspecified atom stereocenters. The van der Waals surface area contributed by atoms with Crippen molar-refractivity contribution in [1.82, 2.24) is 0 Å². The van der Waals surface area contributed by atoms with Gasteiger partial charge in [-0.15, -0.1) is 0 Å². The zero-order chi connectivity index (χ0) is 18.4. The normalized spacial score (nSPS) is 11.4. The Hall–Kier alpha value is -3.20. The number of ether oxygens (including phenoxy) is 1. The van der Waals surface area contributed by atoms with E-state index in [0.717, 1.165) is 5.56 Å². The minimum Gasteiger partial charge on any atom is -0.494 e. The van der Waals surface area contributed by atoms with Crippen molar-refractivity contribution in [1.29, 1.82) is 5.26 Å². The van der Waals surface area contributed by atoms with Gasteiger partial charge in [0.2, 0.25) is 0 Å². The topological polar surface area (TPSA) is 108 Å². The highest BCUT2D eigenvalue weighted by molar-refractivity contribution is 5.82. The summed E-state index contributed by atoms with van der Waals surface area (Å²) in [5.74, 6) is -0.365. The van der Waals surface area contributed by atoms with Gasteiger partial charge in [0.25, 0.3) is 0 Å². The van der Waals surface area contributed by atoms with E-state index in [0.29, 0.717) is 41.3 Å². The number of carbonyl (C=O) groups is 1. The van der Waals surface area contributed by atoms with Crippen LogP contribution in [0.2, 0.25) is 0 Å². The number of nitrogens with zero attached hydrogens (tertiary/aromatic N) is 1. The number of nitriles is 1. The van der Waals surface area contributed by atoms with Crippen LogP contribution in [0.15, 0.2) is 36.4 Å². The van der Waals surface area contributed by atoms with Crippen LogP contribution >= 0.6 is 0 Å². The fourth-order valence-electron chi connectivity index (χ4n) is 2.65. The molecule has 1 atom stereocenters. The van der Waals surface area contributed by atoms with Crippen molar-refractivity contribution < 1.29 is 14.6 Å². The molecular formula is C19H21N3O3. The molecule has 0 aliphatic rings. The van der Waals surface area contributed by atoms with Crippen LogP contribution in [-0.2, 0) is 11.2 Å². The number of aliphatic carboxylic acids is 1. The third-order valence-electron chi connectivity index (χ3n) is 3.88. The van der Waals surface area contributed by atoms with Crippen LogP contribution in [0.4, 0.5) is 11.4 Å². The molecule has 0 saturated heterocycles. The summed E-state index contributed by atoms with van der Waals surface area (Å²) < 4.78 is 5.57. The third-order valence-corrected chi connectivity index (χ3v) is 3.88. The smallest absolute Gasteiger partial charge is 0.330 e. The van der Waals surface area contributed by atoms with Gasteiger partial charge in [-0.05, 0) is 43.7 Å². The van der Waals surface area contributed by atoms with E-state index >= 15 is 0 Å². The lowest BCUT2D eigenvalue weighted by atomic mass is 9.98. The summed E-state index contributed by atoms with van der Waals surface area (Å²) in [5, 5.41) is 21.5. The highest BCUT2D eigenvalue weighted by Gasteiger charge is 2.24. The maximum Gasteiger partial charge on any atom is 0.330 e. The number of nitrogens with two attached hydrogens (primary N) is 1. The van der Waals surface area contributed by atoms with Gasteiger partial charge in [-0.3, -0.25) is 0 Å². The molecule has 0 fully saturated rings. The van der Waals surface area contributed by atoms with E-state index < -0.39 is 12.0 Å². The van der Waals surface area contributed by atoms with Crippen LogP contribution in [-0.4, -0.2) is 17.7 Å². The molecule has 0 heterocycles. The minimum absolute atomic E-state index is 0.419. The average Bonchev–Trinajstić information content (AvgIpc) is 2.61. The van der Waals surface area contributed by atoms with Gasteiger partial charge >= 0.3 is 5.97 Å². The molecule has 6 nitrogen and oxygen atoms in total. The summed E-state index contributed by atoms with van der Waals surface area (Å²) in [6.45, 7) is 4.34. The van der Waals surface area contributed by atoms with E-state index in [1.54, 1.807) is 36.4 Å². The van der Waals surface area contributed by atoms with Gasteiger partial charge in [0.1, 0.15) is 5.75 Å². The summed E-state index contributed by atoms with van der Waals surface area (Å²) in [6, 6.07) is 11.0. The quantitative estimate of drug-likeness (QED) is 0.668. The Bertz CT molecular complexity index is 795. The Morgan fingerprint density at radius 1 is 1.28 bits per heavy atom. The molecule has 130 valence electrons. The second-order valence-electron chi connectivity index (χ2n) is 5.44. The number of nitrogen functional groups attached to an aromatic ring is 1. The Balaban J connectivity index is 2.39. The van der Waals surface area contributed by atoms with Crippen LogP contribution in [0.5, 0.6) is 5.75 Å². The summed E-state index contributed by atoms with van der Waals surface area (Å²) in [4.78, 5) is 11.8. The van der Waals surface area contributed by atoms with Crippen LogP contribution < -0.4 is 15.8 Å². The molecule has 0 aliphatic carbocycles. The highest BCUT2D eigenvalue weighted by Crippen LogP contribution is 2.33. The van der Waals surface area contributed by atoms with Crippen LogP contribution in [0.3, 0.4) is 0 Å². The number of anilines is 2. The molecule has 2 aromatic carbocycles. The van der Waals surface area contributed by atoms with Gasteiger partial charge in [-0.1, -0.05) is 13.0 Å². The molecule has 0 bridgehead atoms. The van der Waals surface area contributed by atoms with Crippen molar-refractivity contribution in [3.63, 3.8) is 0 Å². The molecule has 2 aromatic rings. The highest BCUT2D eigenvalue weighted by atomic mass is 16.5. The lowest BCUT2D eigenvalue weighted by Crippen LogP contribution is -2.22. The van der Waals surface area contributed by atoms with E-state index in [9.17, 15) is 9.90 Å². The van der Waals surface area contributed by atoms with Crippen LogP contribution in [0.25, 0.3) is 0 Å². The predicted octanol–water partition coefficient (Wildman–Crippen LogP) is 3.34. The number of nitrogens with one attached hydrogen (secondary N) is 1. The number of hydrogen-bond donors (Lipinski definition) is 3. The van der Waals surface area contributed by atoms with Crippen molar-refractivity contribution in [2.24, 2.45) is 0 Å². The fourth-order valence-corrected chi connectivity index (χ4v) is 2.65. The van der Waals surface area contributed by atoms with Gasteiger partial charge in [-0.25, -0.2) is 4.79 Å². The number of carboxylic acid groups (broad SMARTS) is 1. The van der Waals surface area contributed by atoms with E-state index in [-0.39, 0.29) is 0 Å². The Kier molecular flexibility index (Phi) is 5.85. The standard InChI is InChI=1S/C19H21N3O3/c1-3-14-16(25-4-2)10-9-15(17(14)21)18(19(23)24)22-13-7-5-12(11-20)6-8-13/h5-10,18,22H,3-4,21H2,1-2H3,(H,23,24). The van der Waals surface area contributed by atoms with Gasteiger partial charge in [0.15, 0.2) is 6.04 Å². The van der Waals surface area contributed by atoms with Crippen molar-refractivity contribution in [3.8, 4) is 11.8 Å². The molecule has 25 heavy (non-hydrogen) atoms. The third kappa shape index (κ3) is 4.01. The molecular weight excluding hydrogens is 318 g/mol. The van der Waals surface area contributed by atoms with Gasteiger partial charge in [-0.2, -0.15) is 5.26 Å². The summed E-state index contributed by atoms with van der Waals surface area (Å²) in [7, 11) is 0. The molecule has 0 saturated carbocycles. The number of carboxylic acids is 1. The first-order chi connectivity index (χ1) is 12.0. The maximum absolute atomic E-state index is 11.8. The summed E-state index contributed by atoms with van der Waals surface area (Å²) >= 11 is 0. The van der Waals surface area contributed by atoms with Crippen molar-refractivity contribution in [2.45, 2.75) is 26.3 Å². The molecule has 0 radical (unpaired) electrons. The second-order valence-corrected chi connectivity index (χ2v) is 5.44. The lowest BCUT2D eigenvalue weighted by molar-refractivity contribution is -0.138. The number of rotatable bonds is 7. The van der Waals surface area contributed by atoms with Gasteiger partial charge in [0.05, 0.1) is 18.2 Å². The van der Waals surface area contributed by atoms with E-state index in [2.05, 4.69) is 5.32 Å². The SMILES string of the molecule is CCOc1ccc(C(Nc2ccc(C#N)cc2)C(=O)O)c(N)c1CC. The average molecular weight is 339 g/mol. The molecule has 0 spiro atoms. The van der Waals surface area contributed by atoms with E-state index in [1.807, 2.05) is 19.9 Å². The maximum atomic E-state index is 11.8. The van der Waals surface area contributed by atoms with Crippen LogP contribution in [0.1, 0.15) is 36.6 Å². The lowest BCUT2D eigenvalue weighted by Gasteiger charge is -2.21. The van der Waals surface area contributed by atoms with Gasteiger partial charge < -0.3 is 20.9 Å². The van der Waals surface area contributed by atoms with Crippen molar-refractivity contribution in [3.05, 3.63) is 53.1 Å². The minimum atomic E-state index is -1.04. The first kappa shape index (κ1) is 18.1. The van der Waals surface area contributed by atoms with Crippen molar-refractivity contribution >= 4 is 17.3 Å². The van der Waals surface area contributed by atoms with Crippen molar-refractivity contribution in [2.75, 3.05) is 17.7 Å². The Morgan fingerprint density at radius 2 is 1.96 bits per heavy atom. The Labute approximate surface area is 146 Å². The molecule has 2 rings (SSSR count).